The first-order valence-electron chi connectivity index (χ1n) is 7.53. The number of ether oxygens (including phenoxy) is 1. The van der Waals surface area contributed by atoms with Crippen molar-refractivity contribution in [2.45, 2.75) is 32.2 Å². The normalized spacial score (nSPS) is 11.0. The number of nitrogens with one attached hydrogen (secondary N) is 1. The summed E-state index contributed by atoms with van der Waals surface area (Å²) in [5.41, 5.74) is -0.580. The first kappa shape index (κ1) is 15.9. The van der Waals surface area contributed by atoms with Crippen molar-refractivity contribution in [3.8, 4) is 18.1 Å². The molecule has 3 heteroatoms. The maximum Gasteiger partial charge on any atom is 0.259 e. The van der Waals surface area contributed by atoms with Crippen LogP contribution in [0.15, 0.2) is 42.5 Å². The maximum absolute atomic E-state index is 12.0. The summed E-state index contributed by atoms with van der Waals surface area (Å²) in [4.78, 5) is 12.0. The Morgan fingerprint density at radius 1 is 1.18 bits per heavy atom. The van der Waals surface area contributed by atoms with Gasteiger partial charge in [0.1, 0.15) is 11.3 Å². The number of terminal acetylenes is 1. The summed E-state index contributed by atoms with van der Waals surface area (Å²) in [5, 5.41) is 5.11. The van der Waals surface area contributed by atoms with Crippen molar-refractivity contribution >= 4 is 16.7 Å². The van der Waals surface area contributed by atoms with E-state index in [1.54, 1.807) is 0 Å². The minimum absolute atomic E-state index is 0.0399. The minimum atomic E-state index is -0.580. The van der Waals surface area contributed by atoms with Crippen molar-refractivity contribution in [2.75, 3.05) is 6.61 Å². The standard InChI is InChI=1S/C19H21NO2/c1-4-19(5-2,6-3)20-18(21)14-22-17-12-11-15-9-7-8-10-16(15)13-17/h1,7-13H,5-6,14H2,2-3H3,(H,20,21). The Morgan fingerprint density at radius 3 is 2.50 bits per heavy atom. The third-order valence-corrected chi connectivity index (χ3v) is 3.95. The maximum atomic E-state index is 12.0. The lowest BCUT2D eigenvalue weighted by atomic mass is 9.94. The van der Waals surface area contributed by atoms with Gasteiger partial charge in [-0.15, -0.1) is 6.42 Å². The molecule has 0 aliphatic rings. The monoisotopic (exact) mass is 295 g/mol. The molecule has 0 spiro atoms. The molecule has 0 bridgehead atoms. The van der Waals surface area contributed by atoms with Crippen molar-refractivity contribution in [2.24, 2.45) is 0 Å². The molecule has 0 saturated heterocycles. The lowest BCUT2D eigenvalue weighted by Crippen LogP contribution is -2.48. The number of hydrogen-bond donors (Lipinski definition) is 1. The Balaban J connectivity index is 1.99. The first-order chi connectivity index (χ1) is 10.6. The van der Waals surface area contributed by atoms with Crippen LogP contribution >= 0.6 is 0 Å². The molecule has 0 aromatic heterocycles. The van der Waals surface area contributed by atoms with Gasteiger partial charge in [0.05, 0.1) is 0 Å². The van der Waals surface area contributed by atoms with Crippen LogP contribution in [-0.4, -0.2) is 18.1 Å². The number of fused-ring (bicyclic) bond motifs is 1. The van der Waals surface area contributed by atoms with Gasteiger partial charge in [-0.1, -0.05) is 50.1 Å². The SMILES string of the molecule is C#CC(CC)(CC)NC(=O)COc1ccc2ccccc2c1. The zero-order valence-electron chi connectivity index (χ0n) is 13.1. The molecule has 0 saturated carbocycles. The summed E-state index contributed by atoms with van der Waals surface area (Å²) in [7, 11) is 0. The Labute approximate surface area is 131 Å². The summed E-state index contributed by atoms with van der Waals surface area (Å²) in [6.07, 6.45) is 6.93. The van der Waals surface area contributed by atoms with Crippen LogP contribution in [0.4, 0.5) is 0 Å². The molecule has 22 heavy (non-hydrogen) atoms. The van der Waals surface area contributed by atoms with Crippen LogP contribution in [0.2, 0.25) is 0 Å². The quantitative estimate of drug-likeness (QED) is 0.828. The van der Waals surface area contributed by atoms with Crippen LogP contribution < -0.4 is 10.1 Å². The summed E-state index contributed by atoms with van der Waals surface area (Å²) >= 11 is 0. The lowest BCUT2D eigenvalue weighted by Gasteiger charge is -2.26. The predicted molar refractivity (Wildman–Crippen MR) is 89.7 cm³/mol. The third-order valence-electron chi connectivity index (χ3n) is 3.95. The topological polar surface area (TPSA) is 38.3 Å². The van der Waals surface area contributed by atoms with Crippen LogP contribution in [0, 0.1) is 12.3 Å². The highest BCUT2D eigenvalue weighted by atomic mass is 16.5. The van der Waals surface area contributed by atoms with E-state index in [0.29, 0.717) is 18.6 Å². The predicted octanol–water partition coefficient (Wildman–Crippen LogP) is 3.53. The summed E-state index contributed by atoms with van der Waals surface area (Å²) in [5.74, 6) is 3.16. The second-order valence-electron chi connectivity index (χ2n) is 5.28. The van der Waals surface area contributed by atoms with E-state index in [9.17, 15) is 4.79 Å². The van der Waals surface area contributed by atoms with E-state index in [4.69, 9.17) is 11.2 Å². The van der Waals surface area contributed by atoms with E-state index in [1.807, 2.05) is 56.3 Å². The smallest absolute Gasteiger partial charge is 0.259 e. The Kier molecular flexibility index (Phi) is 5.06. The van der Waals surface area contributed by atoms with Crippen LogP contribution in [0.3, 0.4) is 0 Å². The summed E-state index contributed by atoms with van der Waals surface area (Å²) < 4.78 is 5.57. The molecule has 0 aliphatic heterocycles. The lowest BCUT2D eigenvalue weighted by molar-refractivity contribution is -0.124. The molecule has 0 aliphatic carbocycles. The molecule has 0 heterocycles. The third kappa shape index (κ3) is 3.59. The van der Waals surface area contributed by atoms with Gasteiger partial charge in [-0.25, -0.2) is 0 Å². The summed E-state index contributed by atoms with van der Waals surface area (Å²) in [6, 6.07) is 13.8. The molecule has 1 N–H and O–H groups in total. The molecule has 0 atom stereocenters. The molecule has 0 unspecified atom stereocenters. The van der Waals surface area contributed by atoms with Gasteiger partial charge in [0, 0.05) is 0 Å². The molecular weight excluding hydrogens is 274 g/mol. The van der Waals surface area contributed by atoms with Crippen molar-refractivity contribution < 1.29 is 9.53 Å². The number of benzene rings is 2. The molecular formula is C19H21NO2. The fraction of sp³-hybridized carbons (Fsp3) is 0.316. The largest absolute Gasteiger partial charge is 0.484 e. The van der Waals surface area contributed by atoms with Crippen LogP contribution in [0.1, 0.15) is 26.7 Å². The van der Waals surface area contributed by atoms with Gasteiger partial charge in [-0.05, 0) is 35.7 Å². The minimum Gasteiger partial charge on any atom is -0.484 e. The van der Waals surface area contributed by atoms with Gasteiger partial charge in [0.2, 0.25) is 0 Å². The molecule has 2 rings (SSSR count). The zero-order valence-corrected chi connectivity index (χ0v) is 13.1. The highest BCUT2D eigenvalue weighted by Crippen LogP contribution is 2.20. The number of carbonyl (C=O) groups is 1. The van der Waals surface area contributed by atoms with E-state index in [2.05, 4.69) is 11.2 Å². The Bertz CT molecular complexity index is 696. The van der Waals surface area contributed by atoms with Gasteiger partial charge in [-0.2, -0.15) is 0 Å². The van der Waals surface area contributed by atoms with Crippen LogP contribution in [0.25, 0.3) is 10.8 Å². The number of carbonyl (C=O) groups excluding carboxylic acids is 1. The van der Waals surface area contributed by atoms with E-state index < -0.39 is 5.54 Å². The number of hydrogen-bond acceptors (Lipinski definition) is 2. The number of rotatable bonds is 6. The van der Waals surface area contributed by atoms with Crippen LogP contribution in [-0.2, 0) is 4.79 Å². The highest BCUT2D eigenvalue weighted by Gasteiger charge is 2.25. The van der Waals surface area contributed by atoms with Gasteiger partial charge in [-0.3, -0.25) is 4.79 Å². The second-order valence-corrected chi connectivity index (χ2v) is 5.28. The van der Waals surface area contributed by atoms with Gasteiger partial charge < -0.3 is 10.1 Å². The highest BCUT2D eigenvalue weighted by molar-refractivity contribution is 5.84. The van der Waals surface area contributed by atoms with Crippen molar-refractivity contribution in [3.63, 3.8) is 0 Å². The Morgan fingerprint density at radius 2 is 1.86 bits per heavy atom. The fourth-order valence-corrected chi connectivity index (χ4v) is 2.38. The zero-order chi connectivity index (χ0) is 16.0. The molecule has 2 aromatic rings. The van der Waals surface area contributed by atoms with E-state index in [-0.39, 0.29) is 12.5 Å². The first-order valence-corrected chi connectivity index (χ1v) is 7.53. The Hall–Kier alpha value is -2.47. The van der Waals surface area contributed by atoms with Gasteiger partial charge in [0.25, 0.3) is 5.91 Å². The molecule has 0 radical (unpaired) electrons. The molecule has 1 amide bonds. The molecule has 2 aromatic carbocycles. The second kappa shape index (κ2) is 7.00. The fourth-order valence-electron chi connectivity index (χ4n) is 2.38. The van der Waals surface area contributed by atoms with E-state index in [1.165, 1.54) is 0 Å². The average molecular weight is 295 g/mol. The van der Waals surface area contributed by atoms with Crippen molar-refractivity contribution in [3.05, 3.63) is 42.5 Å². The van der Waals surface area contributed by atoms with Crippen molar-refractivity contribution in [1.82, 2.24) is 5.32 Å². The summed E-state index contributed by atoms with van der Waals surface area (Å²) in [6.45, 7) is 3.89. The van der Waals surface area contributed by atoms with Gasteiger partial charge in [0.15, 0.2) is 6.61 Å². The van der Waals surface area contributed by atoms with E-state index >= 15 is 0 Å². The van der Waals surface area contributed by atoms with Crippen molar-refractivity contribution in [1.29, 1.82) is 0 Å². The number of amides is 1. The molecule has 3 nitrogen and oxygen atoms in total. The average Bonchev–Trinajstić information content (AvgIpc) is 2.58. The van der Waals surface area contributed by atoms with E-state index in [0.717, 1.165) is 10.8 Å². The molecule has 0 fully saturated rings. The molecule has 114 valence electrons. The van der Waals surface area contributed by atoms with Crippen LogP contribution in [0.5, 0.6) is 5.75 Å². The van der Waals surface area contributed by atoms with Gasteiger partial charge >= 0.3 is 0 Å².